The summed E-state index contributed by atoms with van der Waals surface area (Å²) < 4.78 is 11.5. The molecule has 0 fully saturated rings. The Labute approximate surface area is 130 Å². The Morgan fingerprint density at radius 2 is 1.62 bits per heavy atom. The molecule has 5 nitrogen and oxygen atoms in total. The average Bonchev–Trinajstić information content (AvgIpc) is 2.48. The highest BCUT2D eigenvalue weighted by Crippen LogP contribution is 2.20. The molecule has 1 atom stereocenters. The Morgan fingerprint density at radius 3 is 2.14 bits per heavy atom. The maximum Gasteiger partial charge on any atom is 0.134 e. The number of rotatable bonds is 10. The van der Waals surface area contributed by atoms with Gasteiger partial charge in [0.25, 0.3) is 0 Å². The fraction of sp³-hybridized carbons (Fsp3) is 0.733. The summed E-state index contributed by atoms with van der Waals surface area (Å²) >= 11 is 0. The molecular formula is C15H28N4OS. The largest absolute Gasteiger partial charge is 0.370 e. The lowest BCUT2D eigenvalue weighted by atomic mass is 10.2. The smallest absolute Gasteiger partial charge is 0.134 e. The molecule has 1 heterocycles. The molecule has 2 N–H and O–H groups in total. The third-order valence-corrected chi connectivity index (χ3v) is 4.46. The minimum atomic E-state index is -0.748. The maximum atomic E-state index is 11.5. The van der Waals surface area contributed by atoms with E-state index in [1.807, 2.05) is 13.8 Å². The van der Waals surface area contributed by atoms with Crippen LogP contribution in [0.5, 0.6) is 0 Å². The van der Waals surface area contributed by atoms with Crippen LogP contribution in [0.25, 0.3) is 0 Å². The number of hydrogen-bond donors (Lipinski definition) is 2. The van der Waals surface area contributed by atoms with Crippen molar-refractivity contribution in [1.82, 2.24) is 9.97 Å². The van der Waals surface area contributed by atoms with Crippen LogP contribution in [0.4, 0.5) is 11.6 Å². The number of anilines is 2. The highest BCUT2D eigenvalue weighted by atomic mass is 32.2. The Morgan fingerprint density at radius 1 is 1.00 bits per heavy atom. The van der Waals surface area contributed by atoms with Gasteiger partial charge < -0.3 is 10.6 Å². The highest BCUT2D eigenvalue weighted by molar-refractivity contribution is 7.84. The Hall–Kier alpha value is -1.17. The zero-order valence-corrected chi connectivity index (χ0v) is 14.5. The molecule has 0 saturated carbocycles. The van der Waals surface area contributed by atoms with Gasteiger partial charge in [0.05, 0.1) is 0 Å². The van der Waals surface area contributed by atoms with Crippen molar-refractivity contribution in [2.24, 2.45) is 0 Å². The lowest BCUT2D eigenvalue weighted by molar-refractivity contribution is 0.684. The molecule has 0 aliphatic rings. The Kier molecular flexibility index (Phi) is 8.27. The van der Waals surface area contributed by atoms with E-state index in [9.17, 15) is 4.21 Å². The number of hydrogen-bond acceptors (Lipinski definition) is 5. The molecule has 1 aromatic heterocycles. The molecule has 120 valence electrons. The highest BCUT2D eigenvalue weighted by Gasteiger charge is 2.10. The number of nitrogens with zero attached hydrogens (tertiary/aromatic N) is 2. The SMILES string of the molecule is CCCNc1nc(CCC)nc(NCCS(=O)CC)c1C. The van der Waals surface area contributed by atoms with Crippen LogP contribution in [0.2, 0.25) is 0 Å². The maximum absolute atomic E-state index is 11.5. The average molecular weight is 312 g/mol. The van der Waals surface area contributed by atoms with Gasteiger partial charge in [0.2, 0.25) is 0 Å². The van der Waals surface area contributed by atoms with E-state index in [2.05, 4.69) is 34.4 Å². The first kappa shape index (κ1) is 17.9. The molecule has 21 heavy (non-hydrogen) atoms. The minimum absolute atomic E-state index is 0.654. The van der Waals surface area contributed by atoms with Gasteiger partial charge in [0.1, 0.15) is 17.5 Å². The third-order valence-electron chi connectivity index (χ3n) is 3.15. The fourth-order valence-corrected chi connectivity index (χ4v) is 2.53. The fourth-order valence-electron chi connectivity index (χ4n) is 1.91. The van der Waals surface area contributed by atoms with E-state index in [-0.39, 0.29) is 0 Å². The third kappa shape index (κ3) is 5.99. The molecule has 0 bridgehead atoms. The molecule has 0 spiro atoms. The quantitative estimate of drug-likeness (QED) is 0.695. The van der Waals surface area contributed by atoms with E-state index in [1.165, 1.54) is 0 Å². The van der Waals surface area contributed by atoms with Crippen LogP contribution < -0.4 is 10.6 Å². The molecule has 0 amide bonds. The van der Waals surface area contributed by atoms with Gasteiger partial charge in [-0.3, -0.25) is 4.21 Å². The topological polar surface area (TPSA) is 66.9 Å². The predicted molar refractivity (Wildman–Crippen MR) is 91.6 cm³/mol. The van der Waals surface area contributed by atoms with Crippen molar-refractivity contribution in [3.8, 4) is 0 Å². The van der Waals surface area contributed by atoms with Crippen LogP contribution in [-0.2, 0) is 17.2 Å². The molecule has 1 rings (SSSR count). The normalized spacial score (nSPS) is 12.2. The van der Waals surface area contributed by atoms with Gasteiger partial charge in [-0.2, -0.15) is 0 Å². The second-order valence-corrected chi connectivity index (χ2v) is 6.86. The summed E-state index contributed by atoms with van der Waals surface area (Å²) in [5.74, 6) is 3.99. The lowest BCUT2D eigenvalue weighted by Crippen LogP contribution is -2.16. The minimum Gasteiger partial charge on any atom is -0.370 e. The Bertz CT molecular complexity index is 465. The first-order chi connectivity index (χ1) is 10.1. The number of aromatic nitrogens is 2. The standard InChI is InChI=1S/C15H28N4OS/c1-5-8-13-18-14(16-9-6-2)12(4)15(19-13)17-10-11-21(20)7-3/h5-11H2,1-4H3,(H2,16,17,18,19). The summed E-state index contributed by atoms with van der Waals surface area (Å²) in [5.41, 5.74) is 1.03. The van der Waals surface area contributed by atoms with Crippen LogP contribution >= 0.6 is 0 Å². The summed E-state index contributed by atoms with van der Waals surface area (Å²) in [7, 11) is -0.748. The van der Waals surface area contributed by atoms with Gasteiger partial charge in [-0.1, -0.05) is 20.8 Å². The predicted octanol–water partition coefficient (Wildman–Crippen LogP) is 2.74. The summed E-state index contributed by atoms with van der Waals surface area (Å²) in [6.07, 6.45) is 2.96. The van der Waals surface area contributed by atoms with Crippen molar-refractivity contribution in [2.75, 3.05) is 35.2 Å². The summed E-state index contributed by atoms with van der Waals surface area (Å²) in [6.45, 7) is 9.81. The molecule has 1 aromatic rings. The number of nitrogens with one attached hydrogen (secondary N) is 2. The molecule has 0 aliphatic heterocycles. The van der Waals surface area contributed by atoms with Crippen molar-refractivity contribution < 1.29 is 4.21 Å². The van der Waals surface area contributed by atoms with Gasteiger partial charge in [0.15, 0.2) is 0 Å². The van der Waals surface area contributed by atoms with Gasteiger partial charge in [0, 0.05) is 47.4 Å². The lowest BCUT2D eigenvalue weighted by Gasteiger charge is -2.14. The molecule has 0 aliphatic carbocycles. The van der Waals surface area contributed by atoms with Crippen LogP contribution in [0.3, 0.4) is 0 Å². The van der Waals surface area contributed by atoms with Crippen LogP contribution in [0.1, 0.15) is 45.0 Å². The summed E-state index contributed by atoms with van der Waals surface area (Å²) in [5, 5.41) is 6.67. The summed E-state index contributed by atoms with van der Waals surface area (Å²) in [6, 6.07) is 0. The molecule has 6 heteroatoms. The zero-order valence-electron chi connectivity index (χ0n) is 13.7. The number of aryl methyl sites for hydroxylation is 1. The molecule has 0 radical (unpaired) electrons. The van der Waals surface area contributed by atoms with E-state index in [1.54, 1.807) is 0 Å². The van der Waals surface area contributed by atoms with Gasteiger partial charge >= 0.3 is 0 Å². The van der Waals surface area contributed by atoms with Crippen molar-refractivity contribution in [1.29, 1.82) is 0 Å². The van der Waals surface area contributed by atoms with E-state index in [0.29, 0.717) is 18.1 Å². The second kappa shape index (κ2) is 9.71. The molecule has 0 saturated heterocycles. The van der Waals surface area contributed by atoms with Crippen molar-refractivity contribution in [3.05, 3.63) is 11.4 Å². The van der Waals surface area contributed by atoms with Gasteiger partial charge in [-0.05, 0) is 19.8 Å². The summed E-state index contributed by atoms with van der Waals surface area (Å²) in [4.78, 5) is 9.19. The Balaban J connectivity index is 2.83. The molecule has 0 aromatic carbocycles. The van der Waals surface area contributed by atoms with Gasteiger partial charge in [-0.25, -0.2) is 9.97 Å². The zero-order chi connectivity index (χ0) is 15.7. The van der Waals surface area contributed by atoms with E-state index < -0.39 is 10.8 Å². The second-order valence-electron chi connectivity index (χ2n) is 5.00. The van der Waals surface area contributed by atoms with E-state index in [0.717, 1.165) is 48.8 Å². The van der Waals surface area contributed by atoms with Crippen molar-refractivity contribution >= 4 is 22.4 Å². The van der Waals surface area contributed by atoms with Crippen molar-refractivity contribution in [2.45, 2.75) is 47.0 Å². The van der Waals surface area contributed by atoms with Crippen LogP contribution in [-0.4, -0.2) is 38.8 Å². The van der Waals surface area contributed by atoms with E-state index in [4.69, 9.17) is 0 Å². The van der Waals surface area contributed by atoms with E-state index >= 15 is 0 Å². The van der Waals surface area contributed by atoms with Gasteiger partial charge in [-0.15, -0.1) is 0 Å². The van der Waals surface area contributed by atoms with Crippen LogP contribution in [0, 0.1) is 6.92 Å². The molecular weight excluding hydrogens is 284 g/mol. The first-order valence-corrected chi connectivity index (χ1v) is 9.31. The van der Waals surface area contributed by atoms with Crippen LogP contribution in [0.15, 0.2) is 0 Å². The molecule has 1 unspecified atom stereocenters. The monoisotopic (exact) mass is 312 g/mol. The first-order valence-electron chi connectivity index (χ1n) is 7.82. The van der Waals surface area contributed by atoms with Crippen molar-refractivity contribution in [3.63, 3.8) is 0 Å².